The number of carbonyl (C=O) groups is 1. The summed E-state index contributed by atoms with van der Waals surface area (Å²) in [5.74, 6) is 0.0911. The Balaban J connectivity index is 2.33. The molecule has 0 radical (unpaired) electrons. The Labute approximate surface area is 108 Å². The fraction of sp³-hybridized carbons (Fsp3) is 0. The fourth-order valence-electron chi connectivity index (χ4n) is 1.53. The predicted molar refractivity (Wildman–Crippen MR) is 72.0 cm³/mol. The van der Waals surface area contributed by atoms with Crippen molar-refractivity contribution in [3.8, 4) is 11.1 Å². The maximum atomic E-state index is 10.4. The average molecular weight is 261 g/mol. The Morgan fingerprint density at radius 2 is 2.22 bits per heavy atom. The lowest BCUT2D eigenvalue weighted by Gasteiger charge is -2.01. The molecule has 0 aliphatic heterocycles. The van der Waals surface area contributed by atoms with E-state index in [9.17, 15) is 4.79 Å². The molecule has 2 rings (SSSR count). The van der Waals surface area contributed by atoms with Gasteiger partial charge in [0.2, 0.25) is 6.41 Å². The van der Waals surface area contributed by atoms with Crippen LogP contribution < -0.4 is 11.1 Å². The molecule has 92 valence electrons. The third-order valence-corrected chi connectivity index (χ3v) is 3.33. The summed E-state index contributed by atoms with van der Waals surface area (Å²) < 4.78 is 0. The molecule has 18 heavy (non-hydrogen) atoms. The van der Waals surface area contributed by atoms with E-state index >= 15 is 0 Å². The minimum absolute atomic E-state index is 0.0911. The van der Waals surface area contributed by atoms with Gasteiger partial charge in [-0.3, -0.25) is 4.79 Å². The summed E-state index contributed by atoms with van der Waals surface area (Å²) >= 11 is 1.39. The van der Waals surface area contributed by atoms with Crippen molar-refractivity contribution < 1.29 is 10.0 Å². The molecular weight excluding hydrogens is 250 g/mol. The molecule has 1 aromatic heterocycles. The number of thiophene rings is 1. The molecule has 0 saturated carbocycles. The van der Waals surface area contributed by atoms with E-state index in [2.05, 4.69) is 10.5 Å². The molecule has 0 atom stereocenters. The number of carbonyl (C=O) groups excluding carboxylic acids is 1. The molecular formula is C12H11N3O2S. The van der Waals surface area contributed by atoms with Gasteiger partial charge in [-0.15, -0.1) is 11.3 Å². The van der Waals surface area contributed by atoms with Crippen molar-refractivity contribution in [1.29, 1.82) is 0 Å². The van der Waals surface area contributed by atoms with Crippen LogP contribution in [0.1, 0.15) is 4.88 Å². The number of amidine groups is 1. The summed E-state index contributed by atoms with van der Waals surface area (Å²) in [6.07, 6.45) is 0.633. The van der Waals surface area contributed by atoms with Gasteiger partial charge in [0.1, 0.15) is 0 Å². The highest BCUT2D eigenvalue weighted by Gasteiger charge is 2.06. The summed E-state index contributed by atoms with van der Waals surface area (Å²) in [6.45, 7) is 0. The van der Waals surface area contributed by atoms with Gasteiger partial charge < -0.3 is 16.3 Å². The molecule has 0 bridgehead atoms. The van der Waals surface area contributed by atoms with Gasteiger partial charge >= 0.3 is 0 Å². The van der Waals surface area contributed by atoms with E-state index < -0.39 is 0 Å². The minimum Gasteiger partial charge on any atom is -0.409 e. The van der Waals surface area contributed by atoms with Gasteiger partial charge in [-0.25, -0.2) is 0 Å². The van der Waals surface area contributed by atoms with Gasteiger partial charge in [0.15, 0.2) is 5.84 Å². The van der Waals surface area contributed by atoms with Crippen molar-refractivity contribution in [2.24, 2.45) is 10.9 Å². The first-order valence-corrected chi connectivity index (χ1v) is 5.99. The van der Waals surface area contributed by atoms with Crippen LogP contribution in [-0.4, -0.2) is 17.5 Å². The number of rotatable bonds is 4. The molecule has 0 fully saturated rings. The molecule has 1 heterocycles. The molecule has 0 unspecified atom stereocenters. The van der Waals surface area contributed by atoms with E-state index in [0.29, 0.717) is 11.3 Å². The number of hydrogen-bond donors (Lipinski definition) is 3. The van der Waals surface area contributed by atoms with Crippen molar-refractivity contribution in [2.75, 3.05) is 5.32 Å². The molecule has 0 spiro atoms. The van der Waals surface area contributed by atoms with Crippen LogP contribution in [0.5, 0.6) is 0 Å². The first-order chi connectivity index (χ1) is 8.74. The van der Waals surface area contributed by atoms with E-state index in [-0.39, 0.29) is 5.84 Å². The van der Waals surface area contributed by atoms with Crippen molar-refractivity contribution in [2.45, 2.75) is 0 Å². The van der Waals surface area contributed by atoms with Crippen LogP contribution in [-0.2, 0) is 4.79 Å². The predicted octanol–water partition coefficient (Wildman–Crippen LogP) is 2.08. The molecule has 1 aromatic carbocycles. The van der Waals surface area contributed by atoms with Crippen molar-refractivity contribution in [3.63, 3.8) is 0 Å². The van der Waals surface area contributed by atoms with Crippen molar-refractivity contribution >= 4 is 29.3 Å². The molecule has 6 heteroatoms. The van der Waals surface area contributed by atoms with Crippen LogP contribution in [0.2, 0.25) is 0 Å². The molecule has 0 saturated heterocycles. The molecule has 5 nitrogen and oxygen atoms in total. The number of anilines is 1. The van der Waals surface area contributed by atoms with Gasteiger partial charge in [0.25, 0.3) is 0 Å². The van der Waals surface area contributed by atoms with Gasteiger partial charge in [-0.1, -0.05) is 17.3 Å². The largest absolute Gasteiger partial charge is 0.409 e. The number of hydrogen-bond acceptors (Lipinski definition) is 4. The highest BCUT2D eigenvalue weighted by molar-refractivity contribution is 7.12. The van der Waals surface area contributed by atoms with Gasteiger partial charge in [0, 0.05) is 5.69 Å². The van der Waals surface area contributed by atoms with Gasteiger partial charge in [-0.2, -0.15) is 0 Å². The molecule has 4 N–H and O–H groups in total. The van der Waals surface area contributed by atoms with E-state index in [1.807, 2.05) is 29.6 Å². The van der Waals surface area contributed by atoms with Crippen LogP contribution in [0, 0.1) is 0 Å². The number of amides is 1. The highest BCUT2D eigenvalue weighted by Crippen LogP contribution is 2.27. The second-order valence-corrected chi connectivity index (χ2v) is 4.44. The van der Waals surface area contributed by atoms with Crippen LogP contribution in [0.4, 0.5) is 5.69 Å². The smallest absolute Gasteiger partial charge is 0.211 e. The second kappa shape index (κ2) is 5.33. The van der Waals surface area contributed by atoms with E-state index in [4.69, 9.17) is 10.9 Å². The molecule has 1 amide bonds. The lowest BCUT2D eigenvalue weighted by molar-refractivity contribution is -0.105. The zero-order chi connectivity index (χ0) is 13.0. The highest BCUT2D eigenvalue weighted by atomic mass is 32.1. The lowest BCUT2D eigenvalue weighted by atomic mass is 10.1. The third-order valence-electron chi connectivity index (χ3n) is 2.38. The van der Waals surface area contributed by atoms with Crippen LogP contribution in [0.3, 0.4) is 0 Å². The third kappa shape index (κ3) is 2.49. The number of nitrogens with zero attached hydrogens (tertiary/aromatic N) is 1. The summed E-state index contributed by atoms with van der Waals surface area (Å²) in [5.41, 5.74) is 8.14. The summed E-state index contributed by atoms with van der Waals surface area (Å²) in [4.78, 5) is 11.1. The van der Waals surface area contributed by atoms with Gasteiger partial charge in [-0.05, 0) is 34.7 Å². The zero-order valence-electron chi connectivity index (χ0n) is 9.33. The Kier molecular flexibility index (Phi) is 3.59. The lowest BCUT2D eigenvalue weighted by Crippen LogP contribution is -2.10. The van der Waals surface area contributed by atoms with Crippen LogP contribution in [0.25, 0.3) is 11.1 Å². The summed E-state index contributed by atoms with van der Waals surface area (Å²) in [7, 11) is 0. The SMILES string of the molecule is N/C(=N/O)c1cc(-c2cccc(NC=O)c2)cs1. The Bertz CT molecular complexity index is 593. The standard InChI is InChI=1S/C12H11N3O2S/c13-12(15-17)11-5-9(6-18-11)8-2-1-3-10(4-8)14-7-16/h1-7,17H,(H2,13,15)(H,14,16). The Morgan fingerprint density at radius 3 is 2.94 bits per heavy atom. The van der Waals surface area contributed by atoms with Gasteiger partial charge in [0.05, 0.1) is 4.88 Å². The zero-order valence-corrected chi connectivity index (χ0v) is 10.1. The first-order valence-electron chi connectivity index (χ1n) is 5.11. The summed E-state index contributed by atoms with van der Waals surface area (Å²) in [5, 5.41) is 16.1. The first kappa shape index (κ1) is 12.1. The van der Waals surface area contributed by atoms with Crippen LogP contribution >= 0.6 is 11.3 Å². The number of nitrogens with one attached hydrogen (secondary N) is 1. The quantitative estimate of drug-likeness (QED) is 0.259. The van der Waals surface area contributed by atoms with E-state index in [1.165, 1.54) is 11.3 Å². The Morgan fingerprint density at radius 1 is 1.39 bits per heavy atom. The molecule has 0 aliphatic rings. The van der Waals surface area contributed by atoms with Crippen molar-refractivity contribution in [3.05, 3.63) is 40.6 Å². The molecule has 2 aromatic rings. The van der Waals surface area contributed by atoms with E-state index in [1.54, 1.807) is 6.07 Å². The number of nitrogens with two attached hydrogens (primary N) is 1. The fourth-order valence-corrected chi connectivity index (χ4v) is 2.34. The summed E-state index contributed by atoms with van der Waals surface area (Å²) in [6, 6.07) is 9.26. The average Bonchev–Trinajstić information content (AvgIpc) is 2.88. The van der Waals surface area contributed by atoms with Crippen LogP contribution in [0.15, 0.2) is 40.9 Å². The van der Waals surface area contributed by atoms with Crippen molar-refractivity contribution in [1.82, 2.24) is 0 Å². The molecule has 0 aliphatic carbocycles. The second-order valence-electron chi connectivity index (χ2n) is 3.53. The maximum Gasteiger partial charge on any atom is 0.211 e. The monoisotopic (exact) mass is 261 g/mol. The van der Waals surface area contributed by atoms with E-state index in [0.717, 1.165) is 16.8 Å². The topological polar surface area (TPSA) is 87.7 Å². The minimum atomic E-state index is 0.0911. The normalized spacial score (nSPS) is 11.2. The number of oxime groups is 1. The maximum absolute atomic E-state index is 10.4. The Hall–Kier alpha value is -2.34. The number of benzene rings is 1.